The second-order valence-corrected chi connectivity index (χ2v) is 12.8. The van der Waals surface area contributed by atoms with Crippen LogP contribution in [-0.4, -0.2) is 23.3 Å². The van der Waals surface area contributed by atoms with Crippen LogP contribution in [0, 0.1) is 38.5 Å². The molecule has 0 saturated carbocycles. The molecule has 0 aromatic heterocycles. The van der Waals surface area contributed by atoms with E-state index in [0.29, 0.717) is 18.8 Å². The summed E-state index contributed by atoms with van der Waals surface area (Å²) in [5.41, 5.74) is 4.23. The van der Waals surface area contributed by atoms with Gasteiger partial charge in [0.15, 0.2) is 0 Å². The molecular weight excluding hydrogens is 460 g/mol. The van der Waals surface area contributed by atoms with Gasteiger partial charge >= 0.3 is 5.97 Å². The molecule has 4 nitrogen and oxygen atoms in total. The minimum Gasteiger partial charge on any atom is -0.507 e. The van der Waals surface area contributed by atoms with Gasteiger partial charge in [0.1, 0.15) is 17.1 Å². The maximum atomic E-state index is 10.4. The monoisotopic (exact) mass is 516 g/mol. The minimum absolute atomic E-state index is 0.0463. The summed E-state index contributed by atoms with van der Waals surface area (Å²) in [5, 5.41) is 10.4. The lowest BCUT2D eigenvalue weighted by molar-refractivity contribution is -0.137. The number of rotatable bonds is 12. The van der Waals surface area contributed by atoms with Crippen LogP contribution in [0.2, 0.25) is 0 Å². The summed E-state index contributed by atoms with van der Waals surface area (Å²) in [5.74, 6) is 3.99. The first kappa shape index (κ1) is 31.5. The molecule has 0 bridgehead atoms. The number of phenolic OH excluding ortho intramolecular Hbond substituents is 1. The Kier molecular flexibility index (Phi) is 12.8. The molecule has 1 saturated heterocycles. The number of phenols is 1. The number of hydrogen-bond donors (Lipinski definition) is 1. The van der Waals surface area contributed by atoms with E-state index in [4.69, 9.17) is 4.74 Å². The fourth-order valence-electron chi connectivity index (χ4n) is 5.75. The van der Waals surface area contributed by atoms with Gasteiger partial charge in [-0.05, 0) is 94.2 Å². The van der Waals surface area contributed by atoms with Gasteiger partial charge < -0.3 is 14.6 Å². The number of fused-ring (bicyclic) bond motifs is 1. The van der Waals surface area contributed by atoms with Crippen molar-refractivity contribution in [1.29, 1.82) is 0 Å². The van der Waals surface area contributed by atoms with Crippen LogP contribution in [0.15, 0.2) is 0 Å². The van der Waals surface area contributed by atoms with Crippen molar-refractivity contribution >= 4 is 5.97 Å². The summed E-state index contributed by atoms with van der Waals surface area (Å²) < 4.78 is 11.1. The lowest BCUT2D eigenvalue weighted by atomic mass is 9.84. The fourth-order valence-corrected chi connectivity index (χ4v) is 5.75. The molecule has 1 aromatic carbocycles. The highest BCUT2D eigenvalue weighted by Gasteiger charge is 2.34. The number of hydrogen-bond acceptors (Lipinski definition) is 4. The number of aromatic hydroxyl groups is 1. The smallest absolute Gasteiger partial charge is 0.305 e. The summed E-state index contributed by atoms with van der Waals surface area (Å²) in [7, 11) is 0. The summed E-state index contributed by atoms with van der Waals surface area (Å²) >= 11 is 0. The Bertz CT molecular complexity index is 851. The highest BCUT2D eigenvalue weighted by Crippen LogP contribution is 2.44. The average molecular weight is 517 g/mol. The highest BCUT2D eigenvalue weighted by molar-refractivity contribution is 5.70. The van der Waals surface area contributed by atoms with Crippen molar-refractivity contribution in [3.63, 3.8) is 0 Å². The zero-order valence-corrected chi connectivity index (χ0v) is 25.3. The van der Waals surface area contributed by atoms with Crippen molar-refractivity contribution in [2.24, 2.45) is 17.8 Å². The van der Waals surface area contributed by atoms with E-state index in [2.05, 4.69) is 46.3 Å². The molecule has 2 aliphatic heterocycles. The lowest BCUT2D eigenvalue weighted by Crippen LogP contribution is -2.37. The van der Waals surface area contributed by atoms with Gasteiger partial charge in [-0.3, -0.25) is 4.79 Å². The van der Waals surface area contributed by atoms with Crippen molar-refractivity contribution in [3.8, 4) is 11.5 Å². The van der Waals surface area contributed by atoms with Crippen molar-refractivity contribution in [1.82, 2.24) is 0 Å². The van der Waals surface area contributed by atoms with Crippen LogP contribution in [0.3, 0.4) is 0 Å². The van der Waals surface area contributed by atoms with E-state index in [0.717, 1.165) is 65.9 Å². The maximum Gasteiger partial charge on any atom is 0.305 e. The molecule has 2 aliphatic rings. The quantitative estimate of drug-likeness (QED) is 0.281. The van der Waals surface area contributed by atoms with Crippen molar-refractivity contribution < 1.29 is 19.4 Å². The molecule has 212 valence electrons. The molecule has 1 N–H and O–H groups in total. The summed E-state index contributed by atoms with van der Waals surface area (Å²) in [6, 6.07) is 0. The number of carbonyl (C=O) groups is 1. The summed E-state index contributed by atoms with van der Waals surface area (Å²) in [4.78, 5) is 10.0. The van der Waals surface area contributed by atoms with Crippen LogP contribution in [0.5, 0.6) is 11.5 Å². The van der Waals surface area contributed by atoms with E-state index >= 15 is 0 Å². The van der Waals surface area contributed by atoms with Crippen LogP contribution in [0.25, 0.3) is 0 Å². The Labute approximate surface area is 227 Å². The van der Waals surface area contributed by atoms with E-state index in [-0.39, 0.29) is 11.6 Å². The Balaban J connectivity index is 0.000000700. The van der Waals surface area contributed by atoms with Gasteiger partial charge in [0.2, 0.25) is 0 Å². The first-order valence-electron chi connectivity index (χ1n) is 15.1. The van der Waals surface area contributed by atoms with Gasteiger partial charge in [-0.1, -0.05) is 72.6 Å². The maximum absolute atomic E-state index is 10.4. The van der Waals surface area contributed by atoms with Gasteiger partial charge in [-0.25, -0.2) is 0 Å². The topological polar surface area (TPSA) is 55.8 Å². The molecule has 1 fully saturated rings. The van der Waals surface area contributed by atoms with Crippen molar-refractivity contribution in [2.75, 3.05) is 6.61 Å². The van der Waals surface area contributed by atoms with Crippen LogP contribution in [0.1, 0.15) is 134 Å². The first-order valence-corrected chi connectivity index (χ1v) is 15.1. The molecule has 0 aliphatic carbocycles. The second-order valence-electron chi connectivity index (χ2n) is 12.8. The van der Waals surface area contributed by atoms with E-state index in [9.17, 15) is 9.90 Å². The summed E-state index contributed by atoms with van der Waals surface area (Å²) in [6.07, 6.45) is 15.6. The third-order valence-corrected chi connectivity index (χ3v) is 8.66. The van der Waals surface area contributed by atoms with Gasteiger partial charge in [0.25, 0.3) is 0 Å². The first-order chi connectivity index (χ1) is 17.4. The third-order valence-electron chi connectivity index (χ3n) is 8.66. The largest absolute Gasteiger partial charge is 0.507 e. The number of ether oxygens (including phenoxy) is 2. The molecular formula is C33H56O4. The second kappa shape index (κ2) is 15.0. The van der Waals surface area contributed by atoms with Crippen LogP contribution in [0.4, 0.5) is 0 Å². The van der Waals surface area contributed by atoms with Crippen molar-refractivity contribution in [3.05, 3.63) is 22.3 Å². The molecule has 37 heavy (non-hydrogen) atoms. The molecule has 3 atom stereocenters. The Morgan fingerprint density at radius 1 is 0.838 bits per heavy atom. The Morgan fingerprint density at radius 2 is 1.43 bits per heavy atom. The molecule has 4 heteroatoms. The average Bonchev–Trinajstić information content (AvgIpc) is 3.32. The van der Waals surface area contributed by atoms with Gasteiger partial charge in [-0.2, -0.15) is 0 Å². The minimum atomic E-state index is -0.0712. The molecule has 0 amide bonds. The zero-order chi connectivity index (χ0) is 27.6. The van der Waals surface area contributed by atoms with Gasteiger partial charge in [-0.15, -0.1) is 0 Å². The van der Waals surface area contributed by atoms with Crippen LogP contribution < -0.4 is 4.74 Å². The molecule has 3 rings (SSSR count). The van der Waals surface area contributed by atoms with Crippen LogP contribution >= 0.6 is 0 Å². The van der Waals surface area contributed by atoms with E-state index in [1.165, 1.54) is 56.9 Å². The summed E-state index contributed by atoms with van der Waals surface area (Å²) in [6.45, 7) is 18.6. The predicted molar refractivity (Wildman–Crippen MR) is 155 cm³/mol. The van der Waals surface area contributed by atoms with E-state index in [1.54, 1.807) is 0 Å². The van der Waals surface area contributed by atoms with Crippen LogP contribution in [-0.2, 0) is 16.0 Å². The Morgan fingerprint density at radius 3 is 1.95 bits per heavy atom. The number of benzene rings is 1. The molecule has 2 heterocycles. The Hall–Kier alpha value is -1.71. The van der Waals surface area contributed by atoms with Gasteiger partial charge in [0, 0.05) is 12.0 Å². The molecule has 0 spiro atoms. The van der Waals surface area contributed by atoms with E-state index < -0.39 is 0 Å². The normalized spacial score (nSPS) is 20.5. The standard InChI is InChI=1S/C29H50O2.C4H6O2/c1-20(2)12-9-13-21(3)14-10-15-22(4)16-11-18-29(8)19-17-26-25(7)27(30)23(5)24(6)28(26)31-29;5-4-2-1-3-6-4/h20-22,30H,9-19H2,1-8H3;1-3H2/t21-,22-,29-;/m1./s1. The zero-order valence-electron chi connectivity index (χ0n) is 25.3. The fraction of sp³-hybridized carbons (Fsp3) is 0.788. The SMILES string of the molecule is Cc1c(C)c2c(c(C)c1O)CC[C@@](C)(CCC[C@H](C)CCC[C@H](C)CCCC(C)C)O2.O=C1CCCO1. The molecule has 1 aromatic rings. The predicted octanol–water partition coefficient (Wildman–Crippen LogP) is 9.16. The number of carbonyl (C=O) groups excluding carboxylic acids is 1. The third kappa shape index (κ3) is 10.2. The number of cyclic esters (lactones) is 1. The van der Waals surface area contributed by atoms with Crippen molar-refractivity contribution in [2.45, 2.75) is 144 Å². The number of esters is 1. The molecule has 0 radical (unpaired) electrons. The highest BCUT2D eigenvalue weighted by atomic mass is 16.5. The lowest BCUT2D eigenvalue weighted by Gasteiger charge is -2.38. The van der Waals surface area contributed by atoms with Gasteiger partial charge in [0.05, 0.1) is 6.61 Å². The van der Waals surface area contributed by atoms with E-state index in [1.807, 2.05) is 13.8 Å². The molecule has 0 unspecified atom stereocenters.